The van der Waals surface area contributed by atoms with Crippen molar-refractivity contribution in [3.63, 3.8) is 0 Å². The van der Waals surface area contributed by atoms with E-state index in [0.717, 1.165) is 12.8 Å². The molecule has 0 aromatic carbocycles. The molecule has 0 aliphatic rings. The van der Waals surface area contributed by atoms with Crippen molar-refractivity contribution < 1.29 is 0 Å². The van der Waals surface area contributed by atoms with Crippen LogP contribution in [-0.2, 0) is 0 Å². The smallest absolute Gasteiger partial charge is 0.0495 e. The van der Waals surface area contributed by atoms with Gasteiger partial charge in [0.2, 0.25) is 0 Å². The largest absolute Gasteiger partial charge is 0.189 e. The first kappa shape index (κ1) is 9.14. The average Bonchev–Trinajstić information content (AvgIpc) is 1.89. The molecule has 0 unspecified atom stereocenters. The number of hydrogen-bond donors (Lipinski definition) is 0. The molecule has 0 aromatic heterocycles. The van der Waals surface area contributed by atoms with E-state index in [4.69, 9.17) is 0 Å². The third-order valence-electron chi connectivity index (χ3n) is 0.949. The lowest BCUT2D eigenvalue weighted by atomic mass is 10.4. The van der Waals surface area contributed by atoms with E-state index in [1.165, 1.54) is 0 Å². The zero-order chi connectivity index (χ0) is 7.82. The van der Waals surface area contributed by atoms with Crippen molar-refractivity contribution in [2.45, 2.75) is 26.7 Å². The first-order valence-electron chi connectivity index (χ1n) is 3.56. The summed E-state index contributed by atoms with van der Waals surface area (Å²) in [5, 5.41) is 9.47. The maximum absolute atomic E-state index is 4.01. The van der Waals surface area contributed by atoms with Crippen molar-refractivity contribution in [2.75, 3.05) is 7.05 Å². The van der Waals surface area contributed by atoms with Gasteiger partial charge in [0.15, 0.2) is 0 Å². The lowest BCUT2D eigenvalue weighted by Crippen LogP contribution is -2.01. The zero-order valence-electron chi connectivity index (χ0n) is 6.91. The van der Waals surface area contributed by atoms with Gasteiger partial charge in [0.1, 0.15) is 0 Å². The Morgan fingerprint density at radius 1 is 1.40 bits per heavy atom. The first-order chi connectivity index (χ1) is 4.81. The zero-order valence-corrected chi connectivity index (χ0v) is 6.91. The van der Waals surface area contributed by atoms with E-state index < -0.39 is 0 Å². The van der Waals surface area contributed by atoms with Gasteiger partial charge in [-0.3, -0.25) is 0 Å². The van der Waals surface area contributed by atoms with Gasteiger partial charge in [-0.15, -0.1) is 0 Å². The summed E-state index contributed by atoms with van der Waals surface area (Å²) < 4.78 is 0. The van der Waals surface area contributed by atoms with Crippen LogP contribution in [-0.4, -0.2) is 24.6 Å². The summed E-state index contributed by atoms with van der Waals surface area (Å²) in [6.45, 7) is 3.99. The predicted octanol–water partition coefficient (Wildman–Crippen LogP) is 1.71. The van der Waals surface area contributed by atoms with Gasteiger partial charge in [0, 0.05) is 19.5 Å². The Kier molecular flexibility index (Phi) is 5.72. The fourth-order valence-corrected chi connectivity index (χ4v) is 0.502. The van der Waals surface area contributed by atoms with Gasteiger partial charge in [-0.1, -0.05) is 13.3 Å². The van der Waals surface area contributed by atoms with Gasteiger partial charge in [-0.05, 0) is 13.3 Å². The molecule has 0 spiro atoms. The summed E-state index contributed by atoms with van der Waals surface area (Å²) in [6, 6.07) is 0. The van der Waals surface area contributed by atoms with Gasteiger partial charge in [-0.25, -0.2) is 0 Å². The van der Waals surface area contributed by atoms with E-state index in [2.05, 4.69) is 17.1 Å². The van der Waals surface area contributed by atoms with Crippen LogP contribution in [0, 0.1) is 0 Å². The molecule has 3 heteroatoms. The van der Waals surface area contributed by atoms with Gasteiger partial charge < -0.3 is 0 Å². The summed E-state index contributed by atoms with van der Waals surface area (Å²) in [4.78, 5) is 0. The van der Waals surface area contributed by atoms with E-state index in [0.29, 0.717) is 0 Å². The van der Waals surface area contributed by atoms with E-state index >= 15 is 0 Å². The highest BCUT2D eigenvalue weighted by molar-refractivity contribution is 5.57. The van der Waals surface area contributed by atoms with Gasteiger partial charge in [-0.2, -0.15) is 15.3 Å². The minimum Gasteiger partial charge on any atom is -0.189 e. The molecule has 0 heterocycles. The third-order valence-corrected chi connectivity index (χ3v) is 0.949. The number of hydrazone groups is 2. The molecular weight excluding hydrogens is 126 g/mol. The lowest BCUT2D eigenvalue weighted by molar-refractivity contribution is 0.380. The van der Waals surface area contributed by atoms with Crippen molar-refractivity contribution in [3.05, 3.63) is 0 Å². The Morgan fingerprint density at radius 2 is 2.10 bits per heavy atom. The summed E-state index contributed by atoms with van der Waals surface area (Å²) >= 11 is 0. The van der Waals surface area contributed by atoms with Crippen molar-refractivity contribution in [3.8, 4) is 0 Å². The Morgan fingerprint density at radius 3 is 2.60 bits per heavy atom. The molecule has 0 fully saturated rings. The summed E-state index contributed by atoms with van der Waals surface area (Å²) in [6.07, 6.45) is 5.73. The molecule has 0 rings (SSSR count). The van der Waals surface area contributed by atoms with Crippen LogP contribution in [0.3, 0.4) is 0 Å². The predicted molar refractivity (Wildman–Crippen MR) is 45.3 cm³/mol. The van der Waals surface area contributed by atoms with E-state index in [1.54, 1.807) is 11.3 Å². The fraction of sp³-hybridized carbons (Fsp3) is 0.714. The molecule has 0 aromatic rings. The molecule has 0 aliphatic carbocycles. The second kappa shape index (κ2) is 6.26. The van der Waals surface area contributed by atoms with Gasteiger partial charge in [0.25, 0.3) is 0 Å². The SMILES string of the molecule is C/C=N\N(C)/N=C/CCC. The van der Waals surface area contributed by atoms with Gasteiger partial charge in [0.05, 0.1) is 0 Å². The van der Waals surface area contributed by atoms with Crippen molar-refractivity contribution in [2.24, 2.45) is 10.2 Å². The normalized spacial score (nSPS) is 11.5. The number of unbranched alkanes of at least 4 members (excludes halogenated alkanes) is 1. The molecule has 3 nitrogen and oxygen atoms in total. The monoisotopic (exact) mass is 141 g/mol. The summed E-state index contributed by atoms with van der Waals surface area (Å²) in [7, 11) is 1.81. The molecule has 10 heavy (non-hydrogen) atoms. The maximum atomic E-state index is 4.01. The summed E-state index contributed by atoms with van der Waals surface area (Å²) in [5.74, 6) is 0. The molecule has 0 aliphatic heterocycles. The summed E-state index contributed by atoms with van der Waals surface area (Å²) in [5.41, 5.74) is 0. The standard InChI is InChI=1S/C7H15N3/c1-4-6-7-9-10(3)8-5-2/h5,7H,4,6H2,1-3H3/b8-5-,9-7+. The molecule has 0 bridgehead atoms. The molecule has 0 radical (unpaired) electrons. The quantitative estimate of drug-likeness (QED) is 0.432. The van der Waals surface area contributed by atoms with Crippen molar-refractivity contribution in [1.82, 2.24) is 5.12 Å². The first-order valence-corrected chi connectivity index (χ1v) is 3.56. The highest BCUT2D eigenvalue weighted by Gasteiger charge is 1.79. The Labute approximate surface area is 62.4 Å². The molecule has 58 valence electrons. The number of rotatable bonds is 4. The van der Waals surface area contributed by atoms with E-state index in [1.807, 2.05) is 20.2 Å². The molecule has 0 saturated heterocycles. The second-order valence-corrected chi connectivity index (χ2v) is 1.95. The van der Waals surface area contributed by atoms with E-state index in [-0.39, 0.29) is 0 Å². The maximum Gasteiger partial charge on any atom is 0.0495 e. The van der Waals surface area contributed by atoms with E-state index in [9.17, 15) is 0 Å². The highest BCUT2D eigenvalue weighted by atomic mass is 15.6. The second-order valence-electron chi connectivity index (χ2n) is 1.95. The van der Waals surface area contributed by atoms with Crippen LogP contribution >= 0.6 is 0 Å². The Balaban J connectivity index is 3.45. The van der Waals surface area contributed by atoms with Crippen LogP contribution in [0.25, 0.3) is 0 Å². The average molecular weight is 141 g/mol. The van der Waals surface area contributed by atoms with Crippen molar-refractivity contribution >= 4 is 12.4 Å². The van der Waals surface area contributed by atoms with Crippen LogP contribution < -0.4 is 0 Å². The molecule has 0 saturated carbocycles. The Hall–Kier alpha value is -0.860. The van der Waals surface area contributed by atoms with Crippen LogP contribution in [0.5, 0.6) is 0 Å². The molecule has 0 atom stereocenters. The van der Waals surface area contributed by atoms with Crippen molar-refractivity contribution in [1.29, 1.82) is 0 Å². The Bertz CT molecular complexity index is 118. The minimum absolute atomic E-state index is 1.02. The topological polar surface area (TPSA) is 28.0 Å². The molecule has 0 amide bonds. The minimum atomic E-state index is 1.02. The van der Waals surface area contributed by atoms with Crippen LogP contribution in [0.1, 0.15) is 26.7 Å². The lowest BCUT2D eigenvalue weighted by Gasteiger charge is -2.02. The van der Waals surface area contributed by atoms with Gasteiger partial charge >= 0.3 is 0 Å². The van der Waals surface area contributed by atoms with Crippen LogP contribution in [0.4, 0.5) is 0 Å². The van der Waals surface area contributed by atoms with Crippen LogP contribution in [0.15, 0.2) is 10.2 Å². The highest BCUT2D eigenvalue weighted by Crippen LogP contribution is 1.85. The van der Waals surface area contributed by atoms with Crippen LogP contribution in [0.2, 0.25) is 0 Å². The molecular formula is C7H15N3. The number of nitrogens with zero attached hydrogens (tertiary/aromatic N) is 3. The molecule has 0 N–H and O–H groups in total. The fourth-order valence-electron chi connectivity index (χ4n) is 0.502. The third kappa shape index (κ3) is 5.28. The number of hydrogen-bond acceptors (Lipinski definition) is 3.